The van der Waals surface area contributed by atoms with Crippen LogP contribution in [0.4, 0.5) is 18.0 Å². The normalized spacial score (nSPS) is 20.2. The van der Waals surface area contributed by atoms with E-state index < -0.39 is 22.9 Å². The SMILES string of the molecule is CCCc1cc2c(C(F)(F)F)cc(=O)oc2c(CCC)c1OCCCCN1C(=O)N(C)C(C)(C2CC2)C1=O. The van der Waals surface area contributed by atoms with Crippen molar-refractivity contribution in [2.24, 2.45) is 5.92 Å². The number of hydrogen-bond acceptors (Lipinski definition) is 5. The van der Waals surface area contributed by atoms with Gasteiger partial charge in [0.2, 0.25) is 0 Å². The summed E-state index contributed by atoms with van der Waals surface area (Å²) in [6.07, 6.45) is 0.443. The number of urea groups is 1. The highest BCUT2D eigenvalue weighted by atomic mass is 19.4. The van der Waals surface area contributed by atoms with E-state index in [1.54, 1.807) is 11.9 Å². The Hall–Kier alpha value is -3.04. The van der Waals surface area contributed by atoms with Crippen LogP contribution < -0.4 is 10.4 Å². The molecule has 1 unspecified atom stereocenters. The van der Waals surface area contributed by atoms with Gasteiger partial charge in [0.05, 0.1) is 12.2 Å². The van der Waals surface area contributed by atoms with E-state index in [4.69, 9.17) is 9.15 Å². The summed E-state index contributed by atoms with van der Waals surface area (Å²) in [6, 6.07) is 1.64. The number of halogens is 3. The lowest BCUT2D eigenvalue weighted by molar-refractivity contribution is -0.136. The maximum atomic E-state index is 13.8. The van der Waals surface area contributed by atoms with Gasteiger partial charge < -0.3 is 14.1 Å². The molecule has 1 saturated heterocycles. The van der Waals surface area contributed by atoms with Gasteiger partial charge in [-0.05, 0) is 63.0 Å². The minimum atomic E-state index is -4.70. The Bertz CT molecular complexity index is 1280. The molecule has 1 saturated carbocycles. The van der Waals surface area contributed by atoms with Crippen LogP contribution in [0.5, 0.6) is 5.75 Å². The lowest BCUT2D eigenvalue weighted by Crippen LogP contribution is -2.47. The van der Waals surface area contributed by atoms with E-state index in [9.17, 15) is 27.6 Å². The number of alkyl halides is 3. The van der Waals surface area contributed by atoms with E-state index in [0.717, 1.165) is 12.8 Å². The van der Waals surface area contributed by atoms with Crippen molar-refractivity contribution in [2.75, 3.05) is 20.2 Å². The van der Waals surface area contributed by atoms with Crippen LogP contribution in [0.1, 0.15) is 76.0 Å². The largest absolute Gasteiger partial charge is 0.493 e. The fourth-order valence-electron chi connectivity index (χ4n) is 5.47. The third kappa shape index (κ3) is 5.01. The Morgan fingerprint density at radius 1 is 1.08 bits per heavy atom. The number of imide groups is 1. The second-order valence-corrected chi connectivity index (χ2v) is 10.5. The topological polar surface area (TPSA) is 80.1 Å². The molecule has 0 radical (unpaired) electrons. The van der Waals surface area contributed by atoms with Crippen molar-refractivity contribution in [3.8, 4) is 5.75 Å². The van der Waals surface area contributed by atoms with Crippen LogP contribution in [0.25, 0.3) is 11.0 Å². The van der Waals surface area contributed by atoms with Gasteiger partial charge in [-0.2, -0.15) is 13.2 Å². The highest BCUT2D eigenvalue weighted by Crippen LogP contribution is 2.46. The number of hydrogen-bond donors (Lipinski definition) is 0. The molecule has 1 aliphatic heterocycles. The zero-order valence-electron chi connectivity index (χ0n) is 22.4. The van der Waals surface area contributed by atoms with Crippen LogP contribution in [-0.4, -0.2) is 47.5 Å². The van der Waals surface area contributed by atoms with Crippen LogP contribution in [0.3, 0.4) is 0 Å². The number of nitrogens with zero attached hydrogens (tertiary/aromatic N) is 2. The predicted molar refractivity (Wildman–Crippen MR) is 136 cm³/mol. The molecule has 0 spiro atoms. The monoisotopic (exact) mass is 536 g/mol. The number of carbonyl (C=O) groups is 2. The molecule has 0 bridgehead atoms. The highest BCUT2D eigenvalue weighted by molar-refractivity contribution is 6.07. The first-order valence-electron chi connectivity index (χ1n) is 13.4. The Morgan fingerprint density at radius 2 is 1.76 bits per heavy atom. The molecule has 0 N–H and O–H groups in total. The van der Waals surface area contributed by atoms with Crippen molar-refractivity contribution < 1.29 is 31.9 Å². The van der Waals surface area contributed by atoms with Crippen molar-refractivity contribution in [3.63, 3.8) is 0 Å². The standard InChI is InChI=1S/C28H35F3N2O5/c1-5-9-17-15-20-21(28(29,30)31)16-22(34)38-24(20)19(10-6-2)23(17)37-14-8-7-13-33-25(35)27(3,18-11-12-18)32(4)26(33)36/h15-16,18H,5-14H2,1-4H3. The van der Waals surface area contributed by atoms with Gasteiger partial charge in [0.15, 0.2) is 0 Å². The molecule has 208 valence electrons. The summed E-state index contributed by atoms with van der Waals surface area (Å²) in [5.41, 5.74) is -1.83. The fraction of sp³-hybridized carbons (Fsp3) is 0.607. The van der Waals surface area contributed by atoms with Crippen molar-refractivity contribution in [1.82, 2.24) is 9.80 Å². The molecule has 7 nitrogen and oxygen atoms in total. The van der Waals surface area contributed by atoms with Crippen molar-refractivity contribution >= 4 is 22.9 Å². The number of aryl methyl sites for hydroxylation is 2. The maximum absolute atomic E-state index is 13.8. The molecule has 1 aliphatic carbocycles. The summed E-state index contributed by atoms with van der Waals surface area (Å²) < 4.78 is 52.7. The fourth-order valence-corrected chi connectivity index (χ4v) is 5.47. The number of rotatable bonds is 11. The molecule has 1 atom stereocenters. The van der Waals surface area contributed by atoms with E-state index in [2.05, 4.69) is 0 Å². The quantitative estimate of drug-likeness (QED) is 0.202. The van der Waals surface area contributed by atoms with Crippen LogP contribution >= 0.6 is 0 Å². The first-order valence-corrected chi connectivity index (χ1v) is 13.4. The van der Waals surface area contributed by atoms with Gasteiger partial charge in [0.25, 0.3) is 5.91 Å². The third-order valence-corrected chi connectivity index (χ3v) is 7.77. The second kappa shape index (κ2) is 10.6. The van der Waals surface area contributed by atoms with Crippen LogP contribution in [0, 0.1) is 5.92 Å². The molecule has 2 aliphatic rings. The third-order valence-electron chi connectivity index (χ3n) is 7.77. The van der Waals surface area contributed by atoms with Crippen LogP contribution in [0.15, 0.2) is 21.3 Å². The van der Waals surface area contributed by atoms with Gasteiger partial charge in [-0.25, -0.2) is 9.59 Å². The Balaban J connectivity index is 1.53. The Labute approximate surface area is 219 Å². The summed E-state index contributed by atoms with van der Waals surface area (Å²) in [5, 5.41) is -0.134. The number of likely N-dealkylation sites (N-methyl/N-ethyl adjacent to an activating group) is 1. The Kier molecular flexibility index (Phi) is 7.81. The molecule has 1 aromatic carbocycles. The zero-order valence-corrected chi connectivity index (χ0v) is 22.4. The van der Waals surface area contributed by atoms with E-state index in [0.29, 0.717) is 61.5 Å². The predicted octanol–water partition coefficient (Wildman–Crippen LogP) is 5.94. The lowest BCUT2D eigenvalue weighted by Gasteiger charge is -2.28. The van der Waals surface area contributed by atoms with Crippen LogP contribution in [-0.2, 0) is 23.8 Å². The maximum Gasteiger partial charge on any atom is 0.417 e. The van der Waals surface area contributed by atoms with Crippen LogP contribution in [0.2, 0.25) is 0 Å². The molecule has 3 amide bonds. The highest BCUT2D eigenvalue weighted by Gasteiger charge is 2.59. The zero-order chi connectivity index (χ0) is 27.8. The first-order chi connectivity index (χ1) is 17.9. The average molecular weight is 537 g/mol. The van der Waals surface area contributed by atoms with Gasteiger partial charge in [-0.3, -0.25) is 9.69 Å². The van der Waals surface area contributed by atoms with Crippen molar-refractivity contribution in [3.05, 3.63) is 39.2 Å². The summed E-state index contributed by atoms with van der Waals surface area (Å²) >= 11 is 0. The number of fused-ring (bicyclic) bond motifs is 1. The van der Waals surface area contributed by atoms with E-state index >= 15 is 0 Å². The van der Waals surface area contributed by atoms with E-state index in [1.807, 2.05) is 20.8 Å². The molecule has 2 fully saturated rings. The van der Waals surface area contributed by atoms with E-state index in [-0.39, 0.29) is 42.0 Å². The minimum Gasteiger partial charge on any atom is -0.493 e. The summed E-state index contributed by atoms with van der Waals surface area (Å²) in [5.74, 6) is 0.504. The number of amides is 3. The molecule has 2 heterocycles. The smallest absolute Gasteiger partial charge is 0.417 e. The number of carbonyl (C=O) groups excluding carboxylic acids is 2. The van der Waals surface area contributed by atoms with Gasteiger partial charge in [0, 0.05) is 30.6 Å². The first kappa shape index (κ1) is 28.0. The molecule has 1 aromatic heterocycles. The number of unbranched alkanes of at least 4 members (excludes halogenated alkanes) is 1. The second-order valence-electron chi connectivity index (χ2n) is 10.5. The Morgan fingerprint density at radius 3 is 2.37 bits per heavy atom. The molecular weight excluding hydrogens is 501 g/mol. The van der Waals surface area contributed by atoms with Crippen molar-refractivity contribution in [2.45, 2.75) is 83.9 Å². The summed E-state index contributed by atoms with van der Waals surface area (Å²) in [6.45, 7) is 6.18. The minimum absolute atomic E-state index is 0.0859. The average Bonchev–Trinajstić information content (AvgIpc) is 3.69. The summed E-state index contributed by atoms with van der Waals surface area (Å²) in [4.78, 5) is 40.6. The molecular formula is C28H35F3N2O5. The van der Waals surface area contributed by atoms with Crippen molar-refractivity contribution in [1.29, 1.82) is 0 Å². The number of benzene rings is 1. The molecule has 2 aromatic rings. The molecule has 4 rings (SSSR count). The van der Waals surface area contributed by atoms with E-state index in [1.165, 1.54) is 11.0 Å². The molecule has 38 heavy (non-hydrogen) atoms. The number of ether oxygens (including phenoxy) is 1. The lowest BCUT2D eigenvalue weighted by atomic mass is 9.94. The van der Waals surface area contributed by atoms with Gasteiger partial charge >= 0.3 is 17.8 Å². The van der Waals surface area contributed by atoms with Gasteiger partial charge in [-0.15, -0.1) is 0 Å². The van der Waals surface area contributed by atoms with Gasteiger partial charge in [-0.1, -0.05) is 26.7 Å². The summed E-state index contributed by atoms with van der Waals surface area (Å²) in [7, 11) is 1.68. The van der Waals surface area contributed by atoms with Gasteiger partial charge in [0.1, 0.15) is 16.9 Å². The molecule has 10 heteroatoms.